The first-order chi connectivity index (χ1) is 6.20. The van der Waals surface area contributed by atoms with E-state index in [0.29, 0.717) is 5.52 Å². The molecule has 1 heterocycles. The minimum Gasteiger partial charge on any atom is -0.277 e. The number of nitrogens with zero attached hydrogens (tertiary/aromatic N) is 2. The van der Waals surface area contributed by atoms with E-state index in [1.165, 1.54) is 6.07 Å². The van der Waals surface area contributed by atoms with E-state index >= 15 is 0 Å². The van der Waals surface area contributed by atoms with Crippen molar-refractivity contribution in [2.45, 2.75) is 0 Å². The third-order valence-electron chi connectivity index (χ3n) is 1.84. The summed E-state index contributed by atoms with van der Waals surface area (Å²) >= 11 is 3.20. The fraction of sp³-hybridized carbons (Fsp3) is 0. The Kier molecular flexibility index (Phi) is 1.81. The molecule has 13 heavy (non-hydrogen) atoms. The normalized spacial score (nSPS) is 10.5. The van der Waals surface area contributed by atoms with E-state index in [2.05, 4.69) is 16.1 Å². The fourth-order valence-corrected chi connectivity index (χ4v) is 1.79. The molecule has 0 aliphatic rings. The number of benzene rings is 1. The van der Waals surface area contributed by atoms with Gasteiger partial charge in [-0.25, -0.2) is 0 Å². The van der Waals surface area contributed by atoms with Crippen molar-refractivity contribution in [1.82, 2.24) is 3.59 Å². The van der Waals surface area contributed by atoms with Gasteiger partial charge in [-0.2, -0.15) is 0 Å². The summed E-state index contributed by atoms with van der Waals surface area (Å²) in [5, 5.41) is 11.5. The van der Waals surface area contributed by atoms with Crippen molar-refractivity contribution in [1.29, 1.82) is 0 Å². The van der Waals surface area contributed by atoms with Gasteiger partial charge < -0.3 is 0 Å². The molecule has 0 bridgehead atoms. The van der Waals surface area contributed by atoms with E-state index in [4.69, 9.17) is 0 Å². The second-order valence-electron chi connectivity index (χ2n) is 2.60. The molecule has 5 heteroatoms. The van der Waals surface area contributed by atoms with Crippen molar-refractivity contribution >= 4 is 32.7 Å². The average Bonchev–Trinajstić information content (AvgIpc) is 2.48. The van der Waals surface area contributed by atoms with Gasteiger partial charge >= 0.3 is 0 Å². The number of nitro benzene ring substituents is 1. The zero-order valence-corrected chi connectivity index (χ0v) is 8.06. The molecule has 0 amide bonds. The lowest BCUT2D eigenvalue weighted by Crippen LogP contribution is -1.90. The number of non-ortho nitro benzene ring substituents is 1. The molecule has 0 fully saturated rings. The largest absolute Gasteiger partial charge is 0.294 e. The highest BCUT2D eigenvalue weighted by atomic mass is 79.9. The topological polar surface area (TPSA) is 48.1 Å². The Hall–Kier alpha value is -1.36. The lowest BCUT2D eigenvalue weighted by Gasteiger charge is -1.95. The first-order valence-electron chi connectivity index (χ1n) is 3.61. The van der Waals surface area contributed by atoms with Crippen LogP contribution in [0.5, 0.6) is 0 Å². The first-order valence-corrected chi connectivity index (χ1v) is 4.31. The molecular formula is C8H5BrN2O2. The van der Waals surface area contributed by atoms with Crippen LogP contribution in [0.25, 0.3) is 10.9 Å². The van der Waals surface area contributed by atoms with Crippen LogP contribution in [0.1, 0.15) is 0 Å². The van der Waals surface area contributed by atoms with Crippen molar-refractivity contribution in [2.24, 2.45) is 0 Å². The molecular weight excluding hydrogens is 236 g/mol. The van der Waals surface area contributed by atoms with Crippen LogP contribution in [0.2, 0.25) is 0 Å². The molecule has 0 unspecified atom stereocenters. The van der Waals surface area contributed by atoms with Crippen LogP contribution >= 0.6 is 16.1 Å². The molecule has 0 aliphatic heterocycles. The van der Waals surface area contributed by atoms with Gasteiger partial charge in [-0.1, -0.05) is 12.1 Å². The van der Waals surface area contributed by atoms with Gasteiger partial charge in [0.1, 0.15) is 5.52 Å². The average molecular weight is 241 g/mol. The zero-order chi connectivity index (χ0) is 9.42. The molecule has 0 spiro atoms. The van der Waals surface area contributed by atoms with Crippen LogP contribution in [0.15, 0.2) is 30.5 Å². The Balaban J connectivity index is 2.88. The molecule has 66 valence electrons. The van der Waals surface area contributed by atoms with Crippen molar-refractivity contribution < 1.29 is 4.92 Å². The lowest BCUT2D eigenvalue weighted by molar-refractivity contribution is -0.383. The molecule has 0 saturated heterocycles. The van der Waals surface area contributed by atoms with Gasteiger partial charge in [-0.05, 0) is 6.07 Å². The van der Waals surface area contributed by atoms with E-state index in [1.54, 1.807) is 15.9 Å². The van der Waals surface area contributed by atoms with Gasteiger partial charge in [-0.15, -0.1) is 0 Å². The molecule has 0 N–H and O–H groups in total. The van der Waals surface area contributed by atoms with Crippen molar-refractivity contribution in [3.05, 3.63) is 40.6 Å². The highest BCUT2D eigenvalue weighted by molar-refractivity contribution is 9.08. The van der Waals surface area contributed by atoms with Gasteiger partial charge in [-0.3, -0.25) is 13.7 Å². The Labute approximate surface area is 82.3 Å². The van der Waals surface area contributed by atoms with Crippen LogP contribution in [0, 0.1) is 10.1 Å². The maximum atomic E-state index is 10.6. The fourth-order valence-electron chi connectivity index (χ4n) is 1.28. The minimum absolute atomic E-state index is 0.111. The van der Waals surface area contributed by atoms with E-state index in [-0.39, 0.29) is 10.6 Å². The van der Waals surface area contributed by atoms with E-state index in [1.807, 2.05) is 12.1 Å². The van der Waals surface area contributed by atoms with Crippen LogP contribution in [-0.4, -0.2) is 8.52 Å². The van der Waals surface area contributed by atoms with Gasteiger partial charge in [0.25, 0.3) is 5.69 Å². The summed E-state index contributed by atoms with van der Waals surface area (Å²) in [7, 11) is 0. The van der Waals surface area contributed by atoms with Gasteiger partial charge in [0.2, 0.25) is 0 Å². The monoisotopic (exact) mass is 240 g/mol. The zero-order valence-electron chi connectivity index (χ0n) is 6.48. The highest BCUT2D eigenvalue weighted by Gasteiger charge is 2.13. The van der Waals surface area contributed by atoms with Crippen molar-refractivity contribution in [3.8, 4) is 0 Å². The van der Waals surface area contributed by atoms with Gasteiger partial charge in [0, 0.05) is 17.6 Å². The Bertz CT molecular complexity index is 478. The molecule has 1 aromatic carbocycles. The number of para-hydroxylation sites is 1. The SMILES string of the molecule is O=[N+]([O-])c1cccc2ccn(Br)c12. The molecule has 1 aromatic heterocycles. The van der Waals surface area contributed by atoms with Gasteiger partial charge in [0.15, 0.2) is 0 Å². The molecule has 0 saturated carbocycles. The second kappa shape index (κ2) is 2.85. The number of aromatic nitrogens is 1. The summed E-state index contributed by atoms with van der Waals surface area (Å²) in [5.41, 5.74) is 0.701. The smallest absolute Gasteiger partial charge is 0.277 e. The Morgan fingerprint density at radius 2 is 2.15 bits per heavy atom. The summed E-state index contributed by atoms with van der Waals surface area (Å²) in [5.74, 6) is 0. The summed E-state index contributed by atoms with van der Waals surface area (Å²) < 4.78 is 1.57. The van der Waals surface area contributed by atoms with Crippen LogP contribution in [0.3, 0.4) is 0 Å². The molecule has 0 aliphatic carbocycles. The molecule has 4 nitrogen and oxygen atoms in total. The highest BCUT2D eigenvalue weighted by Crippen LogP contribution is 2.27. The molecule has 2 aromatic rings. The Morgan fingerprint density at radius 3 is 2.85 bits per heavy atom. The number of rotatable bonds is 1. The first kappa shape index (κ1) is 8.25. The predicted octanol–water partition coefficient (Wildman–Crippen LogP) is 2.71. The summed E-state index contributed by atoms with van der Waals surface area (Å²) in [6, 6.07) is 6.81. The van der Waals surface area contributed by atoms with E-state index in [0.717, 1.165) is 5.39 Å². The summed E-state index contributed by atoms with van der Waals surface area (Å²) in [6.45, 7) is 0. The summed E-state index contributed by atoms with van der Waals surface area (Å²) in [4.78, 5) is 10.2. The van der Waals surface area contributed by atoms with Gasteiger partial charge in [0.05, 0.1) is 21.1 Å². The van der Waals surface area contributed by atoms with Crippen molar-refractivity contribution in [3.63, 3.8) is 0 Å². The number of nitro groups is 1. The molecule has 2 rings (SSSR count). The number of fused-ring (bicyclic) bond motifs is 1. The third kappa shape index (κ3) is 1.21. The Morgan fingerprint density at radius 1 is 1.38 bits per heavy atom. The third-order valence-corrected chi connectivity index (χ3v) is 2.43. The number of halogens is 1. The quantitative estimate of drug-likeness (QED) is 0.569. The predicted molar refractivity (Wildman–Crippen MR) is 52.9 cm³/mol. The maximum absolute atomic E-state index is 10.6. The number of hydrogen-bond acceptors (Lipinski definition) is 2. The van der Waals surface area contributed by atoms with E-state index in [9.17, 15) is 10.1 Å². The maximum Gasteiger partial charge on any atom is 0.294 e. The minimum atomic E-state index is -0.389. The van der Waals surface area contributed by atoms with E-state index < -0.39 is 0 Å². The number of hydrogen-bond donors (Lipinski definition) is 0. The summed E-state index contributed by atoms with van der Waals surface area (Å²) in [6.07, 6.45) is 1.73. The van der Waals surface area contributed by atoms with Crippen LogP contribution in [-0.2, 0) is 0 Å². The van der Waals surface area contributed by atoms with Crippen molar-refractivity contribution in [2.75, 3.05) is 0 Å². The standard InChI is InChI=1S/C8H5BrN2O2/c9-10-5-4-6-2-1-3-7(8(6)10)11(12)13/h1-5H. The van der Waals surface area contributed by atoms with Crippen LogP contribution < -0.4 is 0 Å². The lowest BCUT2D eigenvalue weighted by atomic mass is 10.2. The van der Waals surface area contributed by atoms with Crippen LogP contribution in [0.4, 0.5) is 5.69 Å². The second-order valence-corrected chi connectivity index (χ2v) is 3.36. The molecule has 0 atom stereocenters. The molecule has 0 radical (unpaired) electrons.